The van der Waals surface area contributed by atoms with E-state index in [0.29, 0.717) is 0 Å². The van der Waals surface area contributed by atoms with Crippen molar-refractivity contribution in [2.45, 2.75) is 52.4 Å². The lowest BCUT2D eigenvalue weighted by atomic mass is 9.92. The van der Waals surface area contributed by atoms with Gasteiger partial charge in [0.05, 0.1) is 7.11 Å². The molecule has 0 bridgehead atoms. The van der Waals surface area contributed by atoms with Crippen LogP contribution in [0.2, 0.25) is 0 Å². The molecule has 0 atom stereocenters. The Bertz CT molecular complexity index is 474. The monoisotopic (exact) mass is 289 g/mol. The first-order valence-electron chi connectivity index (χ1n) is 7.80. The van der Waals surface area contributed by atoms with Gasteiger partial charge in [-0.05, 0) is 49.0 Å². The summed E-state index contributed by atoms with van der Waals surface area (Å²) in [7, 11) is 1.65. The molecule has 0 heterocycles. The first-order chi connectivity index (χ1) is 10.1. The molecule has 0 spiro atoms. The van der Waals surface area contributed by atoms with Gasteiger partial charge in [-0.25, -0.2) is 0 Å². The number of carbonyl (C=O) groups excluding carboxylic acids is 1. The van der Waals surface area contributed by atoms with E-state index < -0.39 is 0 Å². The van der Waals surface area contributed by atoms with Crippen LogP contribution in [0.5, 0.6) is 5.75 Å². The molecule has 0 aliphatic carbocycles. The second-order valence-electron chi connectivity index (χ2n) is 5.26. The number of primary amides is 1. The Kier molecular flexibility index (Phi) is 7.59. The number of rotatable bonds is 9. The molecule has 21 heavy (non-hydrogen) atoms. The lowest BCUT2D eigenvalue weighted by Gasteiger charge is -2.14. The second kappa shape index (κ2) is 9.22. The molecule has 3 heteroatoms. The van der Waals surface area contributed by atoms with Gasteiger partial charge in [-0.1, -0.05) is 38.8 Å². The lowest BCUT2D eigenvalue weighted by molar-refractivity contribution is -0.114. The summed E-state index contributed by atoms with van der Waals surface area (Å²) in [6.07, 6.45) is 5.86. The summed E-state index contributed by atoms with van der Waals surface area (Å²) in [5.41, 5.74) is 8.59. The van der Waals surface area contributed by atoms with E-state index in [1.165, 1.54) is 0 Å². The third kappa shape index (κ3) is 5.25. The number of nitrogens with two attached hydrogens (primary N) is 1. The second-order valence-corrected chi connectivity index (χ2v) is 5.26. The quantitative estimate of drug-likeness (QED) is 0.688. The molecule has 0 aliphatic rings. The minimum absolute atomic E-state index is 0.287. The fourth-order valence-corrected chi connectivity index (χ4v) is 2.39. The van der Waals surface area contributed by atoms with Crippen LogP contribution in [0.4, 0.5) is 0 Å². The Morgan fingerprint density at radius 2 is 1.62 bits per heavy atom. The van der Waals surface area contributed by atoms with Crippen molar-refractivity contribution in [1.82, 2.24) is 0 Å². The van der Waals surface area contributed by atoms with E-state index in [0.717, 1.165) is 61.0 Å². The van der Waals surface area contributed by atoms with Crippen molar-refractivity contribution >= 4 is 11.5 Å². The topological polar surface area (TPSA) is 52.3 Å². The van der Waals surface area contributed by atoms with E-state index in [1.54, 1.807) is 7.11 Å². The molecule has 1 amide bonds. The summed E-state index contributed by atoms with van der Waals surface area (Å²) in [4.78, 5) is 11.8. The highest BCUT2D eigenvalue weighted by molar-refractivity contribution is 6.00. The van der Waals surface area contributed by atoms with Crippen LogP contribution >= 0.6 is 0 Å². The molecular formula is C18H27NO2. The van der Waals surface area contributed by atoms with Crippen LogP contribution in [0, 0.1) is 0 Å². The summed E-state index contributed by atoms with van der Waals surface area (Å²) >= 11 is 0. The molecule has 0 saturated carbocycles. The number of hydrogen-bond donors (Lipinski definition) is 1. The molecule has 0 aliphatic heterocycles. The fraction of sp³-hybridized carbons (Fsp3) is 0.500. The van der Waals surface area contributed by atoms with Crippen molar-refractivity contribution in [3.05, 3.63) is 35.4 Å². The maximum absolute atomic E-state index is 11.8. The van der Waals surface area contributed by atoms with Crippen LogP contribution in [0.15, 0.2) is 29.8 Å². The lowest BCUT2D eigenvalue weighted by Crippen LogP contribution is -2.16. The smallest absolute Gasteiger partial charge is 0.244 e. The largest absolute Gasteiger partial charge is 0.497 e. The molecule has 1 aromatic carbocycles. The number of hydrogen-bond acceptors (Lipinski definition) is 2. The number of benzene rings is 1. The fourth-order valence-electron chi connectivity index (χ4n) is 2.39. The Morgan fingerprint density at radius 3 is 2.10 bits per heavy atom. The van der Waals surface area contributed by atoms with Crippen molar-refractivity contribution in [3.63, 3.8) is 0 Å². The van der Waals surface area contributed by atoms with Gasteiger partial charge in [0.15, 0.2) is 0 Å². The van der Waals surface area contributed by atoms with E-state index in [9.17, 15) is 4.79 Å². The molecule has 3 nitrogen and oxygen atoms in total. The van der Waals surface area contributed by atoms with E-state index in [2.05, 4.69) is 13.8 Å². The van der Waals surface area contributed by atoms with Crippen molar-refractivity contribution in [2.75, 3.05) is 7.11 Å². The van der Waals surface area contributed by atoms with Crippen molar-refractivity contribution in [2.24, 2.45) is 5.73 Å². The van der Waals surface area contributed by atoms with Crippen molar-refractivity contribution < 1.29 is 9.53 Å². The molecule has 0 unspecified atom stereocenters. The van der Waals surface area contributed by atoms with Gasteiger partial charge in [0, 0.05) is 5.57 Å². The predicted octanol–water partition coefficient (Wildman–Crippen LogP) is 4.31. The van der Waals surface area contributed by atoms with Gasteiger partial charge < -0.3 is 10.5 Å². The summed E-state index contributed by atoms with van der Waals surface area (Å²) < 4.78 is 5.20. The maximum atomic E-state index is 11.8. The Labute approximate surface area is 128 Å². The van der Waals surface area contributed by atoms with E-state index in [4.69, 9.17) is 10.5 Å². The van der Waals surface area contributed by atoms with E-state index in [-0.39, 0.29) is 5.91 Å². The van der Waals surface area contributed by atoms with Crippen LogP contribution in [0.1, 0.15) is 57.9 Å². The zero-order valence-electron chi connectivity index (χ0n) is 13.4. The van der Waals surface area contributed by atoms with E-state index in [1.807, 2.05) is 24.3 Å². The highest BCUT2D eigenvalue weighted by Gasteiger charge is 2.14. The van der Waals surface area contributed by atoms with Gasteiger partial charge in [-0.2, -0.15) is 0 Å². The van der Waals surface area contributed by atoms with Crippen molar-refractivity contribution in [3.8, 4) is 5.75 Å². The molecular weight excluding hydrogens is 262 g/mol. The summed E-state index contributed by atoms with van der Waals surface area (Å²) in [6.45, 7) is 4.28. The van der Waals surface area contributed by atoms with Gasteiger partial charge in [-0.15, -0.1) is 0 Å². The minimum atomic E-state index is -0.287. The zero-order chi connectivity index (χ0) is 15.7. The average molecular weight is 289 g/mol. The first kappa shape index (κ1) is 17.3. The molecule has 0 aromatic heterocycles. The van der Waals surface area contributed by atoms with Gasteiger partial charge in [0.2, 0.25) is 5.91 Å². The number of carbonyl (C=O) groups is 1. The third-order valence-electron chi connectivity index (χ3n) is 3.66. The first-order valence-corrected chi connectivity index (χ1v) is 7.80. The van der Waals surface area contributed by atoms with Gasteiger partial charge in [0.1, 0.15) is 5.75 Å². The highest BCUT2D eigenvalue weighted by atomic mass is 16.5. The molecule has 0 saturated heterocycles. The molecule has 0 fully saturated rings. The number of allylic oxidation sites excluding steroid dienone is 1. The number of unbranched alkanes of at least 4 members (excludes halogenated alkanes) is 2. The maximum Gasteiger partial charge on any atom is 0.244 e. The minimum Gasteiger partial charge on any atom is -0.497 e. The van der Waals surface area contributed by atoms with E-state index >= 15 is 0 Å². The average Bonchev–Trinajstić information content (AvgIpc) is 2.50. The molecule has 2 N–H and O–H groups in total. The predicted molar refractivity (Wildman–Crippen MR) is 88.2 cm³/mol. The molecule has 116 valence electrons. The Hall–Kier alpha value is -1.77. The van der Waals surface area contributed by atoms with Crippen LogP contribution < -0.4 is 10.5 Å². The summed E-state index contributed by atoms with van der Waals surface area (Å²) in [5, 5.41) is 0. The van der Waals surface area contributed by atoms with Crippen LogP contribution in [-0.2, 0) is 4.79 Å². The SMILES string of the molecule is CCCCC(C(N)=O)=C(CCCC)c1ccc(OC)cc1. The van der Waals surface area contributed by atoms with Crippen LogP contribution in [-0.4, -0.2) is 13.0 Å². The normalized spacial score (nSPS) is 12.0. The van der Waals surface area contributed by atoms with Crippen molar-refractivity contribution in [1.29, 1.82) is 0 Å². The van der Waals surface area contributed by atoms with Gasteiger partial charge in [-0.3, -0.25) is 4.79 Å². The highest BCUT2D eigenvalue weighted by Crippen LogP contribution is 2.28. The standard InChI is InChI=1S/C18H27NO2/c1-4-6-8-16(17(18(19)20)9-7-5-2)14-10-12-15(21-3)13-11-14/h10-13H,4-9H2,1-3H3,(H2,19,20). The molecule has 1 aromatic rings. The summed E-state index contributed by atoms with van der Waals surface area (Å²) in [6, 6.07) is 7.89. The summed E-state index contributed by atoms with van der Waals surface area (Å²) in [5.74, 6) is 0.535. The third-order valence-corrected chi connectivity index (χ3v) is 3.66. The van der Waals surface area contributed by atoms with Gasteiger partial charge >= 0.3 is 0 Å². The Balaban J connectivity index is 3.18. The van der Waals surface area contributed by atoms with Crippen LogP contribution in [0.25, 0.3) is 5.57 Å². The number of ether oxygens (including phenoxy) is 1. The zero-order valence-corrected chi connectivity index (χ0v) is 13.4. The Morgan fingerprint density at radius 1 is 1.05 bits per heavy atom. The molecule has 1 rings (SSSR count). The van der Waals surface area contributed by atoms with Crippen LogP contribution in [0.3, 0.4) is 0 Å². The molecule has 0 radical (unpaired) electrons. The number of amides is 1. The number of methoxy groups -OCH3 is 1. The van der Waals surface area contributed by atoms with Gasteiger partial charge in [0.25, 0.3) is 0 Å².